The number of anilines is 1. The molecule has 0 spiro atoms. The molecule has 0 saturated carbocycles. The van der Waals surface area contributed by atoms with Crippen LogP contribution >= 0.6 is 0 Å². The minimum Gasteiger partial charge on any atom is -0.454 e. The van der Waals surface area contributed by atoms with E-state index in [4.69, 9.17) is 9.47 Å². The van der Waals surface area contributed by atoms with Crippen LogP contribution in [0.4, 0.5) is 18.9 Å². The first-order chi connectivity index (χ1) is 14.2. The van der Waals surface area contributed by atoms with Crippen molar-refractivity contribution in [2.24, 2.45) is 0 Å². The summed E-state index contributed by atoms with van der Waals surface area (Å²) < 4.78 is 52.1. The number of benzene rings is 2. The Morgan fingerprint density at radius 1 is 1.00 bits per heavy atom. The van der Waals surface area contributed by atoms with Crippen LogP contribution in [0.25, 0.3) is 0 Å². The van der Waals surface area contributed by atoms with Crippen LogP contribution in [0.5, 0.6) is 11.5 Å². The highest BCUT2D eigenvalue weighted by Gasteiger charge is 2.37. The Bertz CT molecular complexity index is 937. The molecule has 4 rings (SSSR count). The summed E-state index contributed by atoms with van der Waals surface area (Å²) in [5, 5.41) is 0. The maximum absolute atomic E-state index is 13.6. The summed E-state index contributed by atoms with van der Waals surface area (Å²) in [4.78, 5) is 2.12. The van der Waals surface area contributed by atoms with E-state index in [-0.39, 0.29) is 18.6 Å². The topological polar surface area (TPSA) is 21.7 Å². The summed E-state index contributed by atoms with van der Waals surface area (Å²) in [6.07, 6.45) is -3.45. The number of fused-ring (bicyclic) bond motifs is 1. The Hall–Kier alpha value is -2.37. The Balaban J connectivity index is 1.68. The molecule has 0 aromatic heterocycles. The van der Waals surface area contributed by atoms with Gasteiger partial charge in [-0.1, -0.05) is 33.8 Å². The van der Waals surface area contributed by atoms with Gasteiger partial charge in [0, 0.05) is 24.7 Å². The van der Waals surface area contributed by atoms with E-state index < -0.39 is 11.7 Å². The predicted octanol–water partition coefficient (Wildman–Crippen LogP) is 6.67. The van der Waals surface area contributed by atoms with Crippen molar-refractivity contribution in [2.75, 3.05) is 24.8 Å². The zero-order valence-electron chi connectivity index (χ0n) is 17.8. The summed E-state index contributed by atoms with van der Waals surface area (Å²) in [6.45, 7) is 9.62. The summed E-state index contributed by atoms with van der Waals surface area (Å²) >= 11 is 0. The molecule has 30 heavy (non-hydrogen) atoms. The Morgan fingerprint density at radius 3 is 2.33 bits per heavy atom. The molecule has 1 unspecified atom stereocenters. The molecule has 0 amide bonds. The van der Waals surface area contributed by atoms with Gasteiger partial charge < -0.3 is 14.4 Å². The average Bonchev–Trinajstić information content (AvgIpc) is 3.34. The van der Waals surface area contributed by atoms with Gasteiger partial charge in [0.1, 0.15) is 0 Å². The Morgan fingerprint density at radius 2 is 1.70 bits per heavy atom. The van der Waals surface area contributed by atoms with Crippen molar-refractivity contribution in [3.05, 3.63) is 52.6 Å². The molecule has 1 atom stereocenters. The Labute approximate surface area is 175 Å². The molecule has 1 saturated heterocycles. The van der Waals surface area contributed by atoms with Crippen LogP contribution in [0.3, 0.4) is 0 Å². The molecule has 2 aromatic carbocycles. The van der Waals surface area contributed by atoms with E-state index in [9.17, 15) is 13.2 Å². The SMILES string of the molecule is CC(C)c1cc2c(cc1C1CCN(c3cccc(C(F)(F)F)c3C(C)C)C1)OCO2. The van der Waals surface area contributed by atoms with Gasteiger partial charge in [0.2, 0.25) is 6.79 Å². The van der Waals surface area contributed by atoms with Gasteiger partial charge in [-0.2, -0.15) is 13.2 Å². The third-order valence-electron chi connectivity index (χ3n) is 6.13. The third-order valence-corrected chi connectivity index (χ3v) is 6.13. The van der Waals surface area contributed by atoms with E-state index in [1.165, 1.54) is 23.3 Å². The molecule has 162 valence electrons. The normalized spacial score (nSPS) is 18.7. The van der Waals surface area contributed by atoms with Gasteiger partial charge in [0.25, 0.3) is 0 Å². The molecule has 1 fully saturated rings. The smallest absolute Gasteiger partial charge is 0.416 e. The summed E-state index contributed by atoms with van der Waals surface area (Å²) in [6, 6.07) is 8.69. The first-order valence-corrected chi connectivity index (χ1v) is 10.5. The summed E-state index contributed by atoms with van der Waals surface area (Å²) in [5.41, 5.74) is 3.01. The van der Waals surface area contributed by atoms with Gasteiger partial charge in [-0.3, -0.25) is 0 Å². The van der Waals surface area contributed by atoms with Crippen LogP contribution in [-0.2, 0) is 6.18 Å². The van der Waals surface area contributed by atoms with Crippen LogP contribution < -0.4 is 14.4 Å². The second kappa shape index (κ2) is 7.71. The molecule has 0 aliphatic carbocycles. The summed E-state index contributed by atoms with van der Waals surface area (Å²) in [5.74, 6) is 1.88. The maximum atomic E-state index is 13.6. The van der Waals surface area contributed by atoms with Gasteiger partial charge in [-0.25, -0.2) is 0 Å². The molecule has 0 bridgehead atoms. The van der Waals surface area contributed by atoms with Crippen LogP contribution in [0.15, 0.2) is 30.3 Å². The van der Waals surface area contributed by atoms with E-state index in [1.807, 2.05) is 19.9 Å². The van der Waals surface area contributed by atoms with Crippen molar-refractivity contribution in [1.29, 1.82) is 0 Å². The average molecular weight is 419 g/mol. The Kier molecular flexibility index (Phi) is 5.37. The fourth-order valence-corrected chi connectivity index (χ4v) is 4.74. The molecule has 2 aliphatic heterocycles. The van der Waals surface area contributed by atoms with Crippen molar-refractivity contribution in [1.82, 2.24) is 0 Å². The fourth-order valence-electron chi connectivity index (χ4n) is 4.74. The van der Waals surface area contributed by atoms with E-state index in [2.05, 4.69) is 30.9 Å². The van der Waals surface area contributed by atoms with E-state index in [1.54, 1.807) is 0 Å². The predicted molar refractivity (Wildman–Crippen MR) is 112 cm³/mol. The lowest BCUT2D eigenvalue weighted by Crippen LogP contribution is -2.23. The highest BCUT2D eigenvalue weighted by Crippen LogP contribution is 2.45. The van der Waals surface area contributed by atoms with Crippen molar-refractivity contribution in [3.63, 3.8) is 0 Å². The number of halogens is 3. The lowest BCUT2D eigenvalue weighted by Gasteiger charge is -2.27. The fraction of sp³-hybridized carbons (Fsp3) is 0.500. The third kappa shape index (κ3) is 3.72. The molecule has 2 aliphatic rings. The highest BCUT2D eigenvalue weighted by atomic mass is 19.4. The second-order valence-corrected chi connectivity index (χ2v) is 8.81. The van der Waals surface area contributed by atoms with Crippen molar-refractivity contribution >= 4 is 5.69 Å². The molecule has 2 heterocycles. The largest absolute Gasteiger partial charge is 0.454 e. The number of rotatable bonds is 4. The molecular weight excluding hydrogens is 391 g/mol. The van der Waals surface area contributed by atoms with E-state index in [0.717, 1.165) is 24.5 Å². The van der Waals surface area contributed by atoms with Crippen molar-refractivity contribution in [2.45, 2.75) is 58.0 Å². The highest BCUT2D eigenvalue weighted by molar-refractivity contribution is 5.61. The maximum Gasteiger partial charge on any atom is 0.416 e. The monoisotopic (exact) mass is 419 g/mol. The zero-order chi connectivity index (χ0) is 21.6. The number of hydrogen-bond acceptors (Lipinski definition) is 3. The number of hydrogen-bond donors (Lipinski definition) is 0. The standard InChI is InChI=1S/C24H28F3NO2/c1-14(2)17-10-21-22(30-13-29-21)11-18(17)16-8-9-28(12-16)20-7-5-6-19(24(25,26)27)23(20)15(3)4/h5-7,10-11,14-16H,8-9,12-13H2,1-4H3. The van der Waals surface area contributed by atoms with Gasteiger partial charge in [0.15, 0.2) is 11.5 Å². The van der Waals surface area contributed by atoms with Gasteiger partial charge in [-0.05, 0) is 59.2 Å². The second-order valence-electron chi connectivity index (χ2n) is 8.81. The van der Waals surface area contributed by atoms with Crippen molar-refractivity contribution in [3.8, 4) is 11.5 Å². The van der Waals surface area contributed by atoms with Crippen LogP contribution in [0.2, 0.25) is 0 Å². The van der Waals surface area contributed by atoms with Crippen LogP contribution in [-0.4, -0.2) is 19.9 Å². The molecule has 2 aromatic rings. The first-order valence-electron chi connectivity index (χ1n) is 10.5. The van der Waals surface area contributed by atoms with Crippen molar-refractivity contribution < 1.29 is 22.6 Å². The molecule has 3 nitrogen and oxygen atoms in total. The summed E-state index contributed by atoms with van der Waals surface area (Å²) in [7, 11) is 0. The zero-order valence-corrected chi connectivity index (χ0v) is 17.8. The first kappa shape index (κ1) is 20.9. The van der Waals surface area contributed by atoms with Gasteiger partial charge in [0.05, 0.1) is 5.56 Å². The lowest BCUT2D eigenvalue weighted by atomic mass is 9.87. The minimum absolute atomic E-state index is 0.214. The lowest BCUT2D eigenvalue weighted by molar-refractivity contribution is -0.138. The minimum atomic E-state index is -4.35. The quantitative estimate of drug-likeness (QED) is 0.552. The van der Waals surface area contributed by atoms with Crippen LogP contribution in [0, 0.1) is 0 Å². The molecular formula is C24H28F3NO2. The van der Waals surface area contributed by atoms with E-state index >= 15 is 0 Å². The molecule has 0 radical (unpaired) electrons. The number of alkyl halides is 3. The molecule has 0 N–H and O–H groups in total. The molecule has 6 heteroatoms. The van der Waals surface area contributed by atoms with Crippen LogP contribution in [0.1, 0.15) is 74.1 Å². The van der Waals surface area contributed by atoms with Gasteiger partial charge in [-0.15, -0.1) is 0 Å². The van der Waals surface area contributed by atoms with Gasteiger partial charge >= 0.3 is 6.18 Å². The number of nitrogens with zero attached hydrogens (tertiary/aromatic N) is 1. The number of ether oxygens (including phenoxy) is 2. The van der Waals surface area contributed by atoms with E-state index in [0.29, 0.717) is 23.7 Å².